The highest BCUT2D eigenvalue weighted by Gasteiger charge is 2.24. The number of rotatable bonds is 7. The first-order valence-electron chi connectivity index (χ1n) is 21.9. The van der Waals surface area contributed by atoms with Gasteiger partial charge >= 0.3 is 0 Å². The smallest absolute Gasteiger partial charge is 0.149 e. The van der Waals surface area contributed by atoms with Crippen molar-refractivity contribution < 1.29 is 9.22 Å². The predicted molar refractivity (Wildman–Crippen MR) is 251 cm³/mol. The lowest BCUT2D eigenvalue weighted by Crippen LogP contribution is -2.10. The van der Waals surface area contributed by atoms with E-state index < -0.39 is 6.85 Å². The first-order chi connectivity index (χ1) is 30.1. The van der Waals surface area contributed by atoms with Crippen molar-refractivity contribution in [1.29, 1.82) is 0 Å². The molecule has 1 N–H and O–H groups in total. The number of aromatic nitrogens is 3. The Morgan fingerprint density at radius 3 is 1.97 bits per heavy atom. The second-order valence-electron chi connectivity index (χ2n) is 16.9. The van der Waals surface area contributed by atoms with Gasteiger partial charge in [-0.1, -0.05) is 135 Å². The molecular formula is C56H49N3O. The van der Waals surface area contributed by atoms with Gasteiger partial charge < -0.3 is 5.11 Å². The molecule has 0 fully saturated rings. The van der Waals surface area contributed by atoms with Gasteiger partial charge in [-0.3, -0.25) is 9.55 Å². The van der Waals surface area contributed by atoms with Gasteiger partial charge in [0.15, 0.2) is 0 Å². The van der Waals surface area contributed by atoms with Gasteiger partial charge in [-0.15, -0.1) is 0 Å². The summed E-state index contributed by atoms with van der Waals surface area (Å²) in [5.41, 5.74) is 16.7. The second-order valence-corrected chi connectivity index (χ2v) is 16.9. The van der Waals surface area contributed by atoms with Crippen LogP contribution in [-0.2, 0) is 5.41 Å². The molecule has 0 radical (unpaired) electrons. The minimum absolute atomic E-state index is 0.0653. The van der Waals surface area contributed by atoms with Crippen LogP contribution in [0.15, 0.2) is 164 Å². The van der Waals surface area contributed by atoms with Crippen LogP contribution >= 0.6 is 0 Å². The average molecular weight is 783 g/mol. The maximum absolute atomic E-state index is 11.8. The van der Waals surface area contributed by atoms with Crippen LogP contribution in [0.5, 0.6) is 5.75 Å². The molecule has 0 atom stereocenters. The fraction of sp³-hybridized carbons (Fsp3) is 0.143. The first kappa shape index (κ1) is 35.0. The van der Waals surface area contributed by atoms with E-state index in [2.05, 4.69) is 135 Å². The summed E-state index contributed by atoms with van der Waals surface area (Å²) >= 11 is 0. The van der Waals surface area contributed by atoms with Gasteiger partial charge in [-0.05, 0) is 138 Å². The van der Waals surface area contributed by atoms with Crippen LogP contribution in [0.1, 0.15) is 52.7 Å². The number of para-hydroxylation sites is 1. The molecule has 0 aliphatic rings. The summed E-state index contributed by atoms with van der Waals surface area (Å²) in [5.74, 6) is 0.685. The number of phenols is 1. The molecule has 0 saturated carbocycles. The highest BCUT2D eigenvalue weighted by molar-refractivity contribution is 5.98. The number of imidazole rings is 1. The molecule has 9 aromatic rings. The summed E-state index contributed by atoms with van der Waals surface area (Å²) in [6.45, 7) is 10.2. The van der Waals surface area contributed by atoms with Crippen molar-refractivity contribution in [3.8, 4) is 78.6 Å². The van der Waals surface area contributed by atoms with Gasteiger partial charge in [0.05, 0.1) is 28.0 Å². The molecule has 2 heterocycles. The molecule has 0 aliphatic carbocycles. The molecule has 2 aromatic heterocycles. The number of benzene rings is 7. The zero-order chi connectivity index (χ0) is 44.2. The van der Waals surface area contributed by atoms with E-state index in [1.54, 1.807) is 12.1 Å². The van der Waals surface area contributed by atoms with Gasteiger partial charge in [0, 0.05) is 27.0 Å². The van der Waals surface area contributed by atoms with Crippen molar-refractivity contribution >= 4 is 11.0 Å². The third-order valence-electron chi connectivity index (χ3n) is 11.5. The summed E-state index contributed by atoms with van der Waals surface area (Å²) in [7, 11) is 0. The van der Waals surface area contributed by atoms with Crippen LogP contribution in [0.25, 0.3) is 83.9 Å². The minimum atomic E-state index is -2.33. The quantitative estimate of drug-likeness (QED) is 0.175. The summed E-state index contributed by atoms with van der Waals surface area (Å²) in [5, 5.41) is 11.8. The third-order valence-corrected chi connectivity index (χ3v) is 11.5. The third kappa shape index (κ3) is 7.30. The SMILES string of the molecule is [2H]C([2H])([2H])c1ccc(-n2c(-c3cc(C)cc(C)c3O)nc3c(-c4cc(-c5ccccc5)cc(-c5cc(-c6ccc(C)cc6)ccn5)c4)cccc32)c(-c2ccc(C(C)(C)C)cc2)c1. The minimum Gasteiger partial charge on any atom is -0.507 e. The molecule has 0 saturated heterocycles. The number of fused-ring (bicyclic) bond motifs is 1. The Balaban J connectivity index is 1.32. The lowest BCUT2D eigenvalue weighted by Gasteiger charge is -2.20. The van der Waals surface area contributed by atoms with Crippen molar-refractivity contribution in [2.24, 2.45) is 0 Å². The van der Waals surface area contributed by atoms with Crippen LogP contribution in [0.3, 0.4) is 0 Å². The van der Waals surface area contributed by atoms with Gasteiger partial charge in [0.1, 0.15) is 11.6 Å². The lowest BCUT2D eigenvalue weighted by molar-refractivity contribution is 0.472. The molecule has 9 rings (SSSR count). The molecule has 294 valence electrons. The summed E-state index contributed by atoms with van der Waals surface area (Å²) in [4.78, 5) is 10.4. The van der Waals surface area contributed by atoms with E-state index in [-0.39, 0.29) is 16.7 Å². The van der Waals surface area contributed by atoms with E-state index >= 15 is 0 Å². The van der Waals surface area contributed by atoms with E-state index in [4.69, 9.17) is 14.1 Å². The lowest BCUT2D eigenvalue weighted by atomic mass is 9.86. The highest BCUT2D eigenvalue weighted by Crippen LogP contribution is 2.43. The number of hydrogen-bond donors (Lipinski definition) is 1. The molecule has 0 unspecified atom stereocenters. The van der Waals surface area contributed by atoms with Gasteiger partial charge in [0.25, 0.3) is 0 Å². The Morgan fingerprint density at radius 1 is 0.533 bits per heavy atom. The average Bonchev–Trinajstić information content (AvgIpc) is 3.67. The van der Waals surface area contributed by atoms with Crippen molar-refractivity contribution in [2.75, 3.05) is 0 Å². The Morgan fingerprint density at radius 2 is 1.22 bits per heavy atom. The van der Waals surface area contributed by atoms with Gasteiger partial charge in [-0.2, -0.15) is 0 Å². The van der Waals surface area contributed by atoms with Gasteiger partial charge in [-0.25, -0.2) is 4.98 Å². The maximum Gasteiger partial charge on any atom is 0.149 e. The van der Waals surface area contributed by atoms with Crippen LogP contribution in [0.4, 0.5) is 0 Å². The summed E-state index contributed by atoms with van der Waals surface area (Å²) in [6, 6.07) is 53.5. The monoisotopic (exact) mass is 782 g/mol. The van der Waals surface area contributed by atoms with E-state index in [1.165, 1.54) is 11.1 Å². The molecule has 0 spiro atoms. The van der Waals surface area contributed by atoms with Crippen molar-refractivity contribution in [3.05, 3.63) is 192 Å². The van der Waals surface area contributed by atoms with Crippen LogP contribution in [0, 0.1) is 27.6 Å². The number of hydrogen-bond acceptors (Lipinski definition) is 3. The number of aryl methyl sites for hydroxylation is 4. The number of pyridine rings is 1. The zero-order valence-corrected chi connectivity index (χ0v) is 34.9. The molecule has 4 nitrogen and oxygen atoms in total. The Labute approximate surface area is 357 Å². The normalized spacial score (nSPS) is 12.6. The zero-order valence-electron chi connectivity index (χ0n) is 37.9. The summed E-state index contributed by atoms with van der Waals surface area (Å²) in [6.07, 6.45) is 1.87. The number of aromatic hydroxyl groups is 1. The van der Waals surface area contributed by atoms with Crippen LogP contribution < -0.4 is 0 Å². The number of nitrogens with zero attached hydrogens (tertiary/aromatic N) is 3. The molecular weight excluding hydrogens is 731 g/mol. The van der Waals surface area contributed by atoms with E-state index in [1.807, 2.05) is 62.5 Å². The largest absolute Gasteiger partial charge is 0.507 e. The molecule has 0 amide bonds. The van der Waals surface area contributed by atoms with E-state index in [9.17, 15) is 5.11 Å². The fourth-order valence-corrected chi connectivity index (χ4v) is 8.24. The Kier molecular flexibility index (Phi) is 8.90. The second kappa shape index (κ2) is 15.3. The van der Waals surface area contributed by atoms with E-state index in [0.29, 0.717) is 11.4 Å². The number of phenolic OH excluding ortho intramolecular Hbond substituents is 1. The topological polar surface area (TPSA) is 50.9 Å². The highest BCUT2D eigenvalue weighted by atomic mass is 16.3. The van der Waals surface area contributed by atoms with Crippen LogP contribution in [-0.4, -0.2) is 19.6 Å². The molecule has 4 heteroatoms. The van der Waals surface area contributed by atoms with Crippen LogP contribution in [0.2, 0.25) is 0 Å². The Hall–Kier alpha value is -7.04. The molecule has 0 bridgehead atoms. The maximum atomic E-state index is 11.8. The van der Waals surface area contributed by atoms with E-state index in [0.717, 1.165) is 83.6 Å². The first-order valence-corrected chi connectivity index (χ1v) is 20.4. The fourth-order valence-electron chi connectivity index (χ4n) is 8.24. The van der Waals surface area contributed by atoms with Crippen molar-refractivity contribution in [2.45, 2.75) is 53.8 Å². The van der Waals surface area contributed by atoms with Crippen molar-refractivity contribution in [1.82, 2.24) is 14.5 Å². The standard InChI is InChI=1S/C56H49N3O/c1-35-16-19-40(20-17-35)42-26-27-57-50(34-42)45-32-43(39-12-9-8-10-13-39)31-44(33-45)47-14-11-15-52-53(47)58-55(49-30-37(3)28-38(4)54(49)60)59(52)51-25-18-36(2)29-48(51)41-21-23-46(24-22-41)56(5,6)7/h8-34,60H,1-7H3/i2D3. The van der Waals surface area contributed by atoms with Crippen molar-refractivity contribution in [3.63, 3.8) is 0 Å². The predicted octanol–water partition coefficient (Wildman–Crippen LogP) is 14.7. The molecule has 7 aromatic carbocycles. The Bertz CT molecular complexity index is 3160. The molecule has 60 heavy (non-hydrogen) atoms. The summed E-state index contributed by atoms with van der Waals surface area (Å²) < 4.78 is 27.3. The molecule has 0 aliphatic heterocycles. The van der Waals surface area contributed by atoms with Gasteiger partial charge in [0.2, 0.25) is 0 Å².